The van der Waals surface area contributed by atoms with Crippen molar-refractivity contribution in [3.05, 3.63) is 63.5 Å². The molecule has 0 saturated carbocycles. The van der Waals surface area contributed by atoms with E-state index < -0.39 is 0 Å². The molecule has 3 aromatic rings. The first kappa shape index (κ1) is 26.0. The van der Waals surface area contributed by atoms with Crippen LogP contribution in [0.25, 0.3) is 5.69 Å². The lowest BCUT2D eigenvalue weighted by Gasteiger charge is -2.32. The van der Waals surface area contributed by atoms with Crippen LogP contribution in [-0.4, -0.2) is 51.9 Å². The third-order valence-electron chi connectivity index (χ3n) is 7.31. The third kappa shape index (κ3) is 5.23. The summed E-state index contributed by atoms with van der Waals surface area (Å²) in [7, 11) is 0. The van der Waals surface area contributed by atoms with E-state index in [2.05, 4.69) is 64.3 Å². The summed E-state index contributed by atoms with van der Waals surface area (Å²) in [5.74, 6) is 1.66. The van der Waals surface area contributed by atoms with Crippen molar-refractivity contribution in [1.82, 2.24) is 14.7 Å². The van der Waals surface area contributed by atoms with Gasteiger partial charge in [0, 0.05) is 28.9 Å². The first-order valence-electron chi connectivity index (χ1n) is 13.1. The fraction of sp³-hybridized carbons (Fsp3) is 0.483. The van der Waals surface area contributed by atoms with Crippen LogP contribution in [0.4, 0.5) is 5.82 Å². The van der Waals surface area contributed by atoms with E-state index in [9.17, 15) is 9.59 Å². The van der Waals surface area contributed by atoms with Crippen LogP contribution >= 0.6 is 23.1 Å². The molecule has 37 heavy (non-hydrogen) atoms. The topological polar surface area (TPSA) is 58.4 Å². The molecule has 2 amide bonds. The summed E-state index contributed by atoms with van der Waals surface area (Å²) in [4.78, 5) is 32.2. The van der Waals surface area contributed by atoms with E-state index in [4.69, 9.17) is 5.10 Å². The number of carbonyl (C=O) groups is 2. The molecule has 6 nitrogen and oxygen atoms in total. The van der Waals surface area contributed by atoms with Crippen LogP contribution in [0.3, 0.4) is 0 Å². The number of likely N-dealkylation sites (tertiary alicyclic amines) is 1. The monoisotopic (exact) mass is 536 g/mol. The lowest BCUT2D eigenvalue weighted by Crippen LogP contribution is -2.46. The summed E-state index contributed by atoms with van der Waals surface area (Å²) in [5, 5.41) is 7.23. The maximum Gasteiger partial charge on any atom is 0.242 e. The van der Waals surface area contributed by atoms with Crippen LogP contribution in [0.5, 0.6) is 0 Å². The summed E-state index contributed by atoms with van der Waals surface area (Å²) >= 11 is 3.35. The van der Waals surface area contributed by atoms with E-state index in [-0.39, 0.29) is 29.0 Å². The average Bonchev–Trinajstić information content (AvgIpc) is 3.50. The molecule has 1 unspecified atom stereocenters. The first-order valence-corrected chi connectivity index (χ1v) is 15.0. The Bertz CT molecular complexity index is 1270. The second kappa shape index (κ2) is 10.3. The number of aryl methyl sites for hydroxylation is 1. The van der Waals surface area contributed by atoms with Gasteiger partial charge >= 0.3 is 0 Å². The number of hydrogen-bond donors (Lipinski definition) is 0. The predicted octanol–water partition coefficient (Wildman–Crippen LogP) is 5.97. The van der Waals surface area contributed by atoms with Gasteiger partial charge in [0.1, 0.15) is 12.4 Å². The quantitative estimate of drug-likeness (QED) is 0.412. The van der Waals surface area contributed by atoms with E-state index in [0.717, 1.165) is 54.3 Å². The number of nitrogens with zero attached hydrogens (tertiary/aromatic N) is 4. The van der Waals surface area contributed by atoms with Gasteiger partial charge in [-0.3, -0.25) is 14.5 Å². The average molecular weight is 537 g/mol. The standard InChI is InChI=1S/C29H36N4O2S2/c1-19-8-10-21(11-9-19)33-28-25(27(30-33)29(3,4)5)26(22-7-6-16-36-22)37-18-24(35)32(28)17-23(34)31-14-12-20(2)13-15-31/h6-11,16,20,26H,12-15,17-18H2,1-5H3. The zero-order chi connectivity index (χ0) is 26.3. The van der Waals surface area contributed by atoms with Gasteiger partial charge in [-0.25, -0.2) is 4.68 Å². The largest absolute Gasteiger partial charge is 0.341 e. The number of fused-ring (bicyclic) bond motifs is 1. The number of piperidine rings is 1. The lowest BCUT2D eigenvalue weighted by molar-refractivity contribution is -0.132. The van der Waals surface area contributed by atoms with Crippen molar-refractivity contribution in [2.24, 2.45) is 5.92 Å². The van der Waals surface area contributed by atoms with Gasteiger partial charge in [-0.15, -0.1) is 23.1 Å². The normalized spacial score (nSPS) is 19.2. The molecule has 1 saturated heterocycles. The van der Waals surface area contributed by atoms with E-state index in [1.165, 1.54) is 4.88 Å². The number of amides is 2. The van der Waals surface area contributed by atoms with Crippen molar-refractivity contribution in [2.75, 3.05) is 30.3 Å². The van der Waals surface area contributed by atoms with Crippen LogP contribution in [0.15, 0.2) is 41.8 Å². The number of thiophene rings is 1. The molecule has 1 atom stereocenters. The van der Waals surface area contributed by atoms with Crippen LogP contribution in [-0.2, 0) is 15.0 Å². The second-order valence-corrected chi connectivity index (χ2v) is 13.4. The fourth-order valence-electron chi connectivity index (χ4n) is 5.10. The molecule has 2 aliphatic heterocycles. The predicted molar refractivity (Wildman–Crippen MR) is 153 cm³/mol. The van der Waals surface area contributed by atoms with Crippen molar-refractivity contribution < 1.29 is 9.59 Å². The summed E-state index contributed by atoms with van der Waals surface area (Å²) < 4.78 is 1.91. The Morgan fingerprint density at radius 1 is 1.11 bits per heavy atom. The fourth-order valence-corrected chi connectivity index (χ4v) is 7.27. The van der Waals surface area contributed by atoms with E-state index in [0.29, 0.717) is 11.7 Å². The number of thioether (sulfide) groups is 1. The van der Waals surface area contributed by atoms with Gasteiger partial charge in [-0.1, -0.05) is 51.5 Å². The maximum absolute atomic E-state index is 13.8. The molecule has 0 N–H and O–H groups in total. The molecule has 0 bridgehead atoms. The van der Waals surface area contributed by atoms with Crippen molar-refractivity contribution in [3.8, 4) is 5.69 Å². The Kier molecular flexibility index (Phi) is 7.24. The number of carbonyl (C=O) groups excluding carboxylic acids is 2. The van der Waals surface area contributed by atoms with Gasteiger partial charge in [0.2, 0.25) is 11.8 Å². The molecule has 2 aromatic heterocycles. The number of aromatic nitrogens is 2. The zero-order valence-corrected chi connectivity index (χ0v) is 24.0. The van der Waals surface area contributed by atoms with Gasteiger partial charge in [0.05, 0.1) is 22.4 Å². The molecule has 0 spiro atoms. The highest BCUT2D eigenvalue weighted by molar-refractivity contribution is 8.00. The molecule has 0 aliphatic carbocycles. The van der Waals surface area contributed by atoms with Gasteiger partial charge < -0.3 is 4.90 Å². The van der Waals surface area contributed by atoms with Gasteiger partial charge in [-0.05, 0) is 49.3 Å². The Morgan fingerprint density at radius 2 is 1.81 bits per heavy atom. The smallest absolute Gasteiger partial charge is 0.242 e. The van der Waals surface area contributed by atoms with Gasteiger partial charge in [0.15, 0.2) is 0 Å². The maximum atomic E-state index is 13.8. The van der Waals surface area contributed by atoms with Crippen molar-refractivity contribution >= 4 is 40.7 Å². The highest BCUT2D eigenvalue weighted by Gasteiger charge is 2.40. The molecule has 0 radical (unpaired) electrons. The molecular weight excluding hydrogens is 500 g/mol. The van der Waals surface area contributed by atoms with Crippen LogP contribution in [0.2, 0.25) is 0 Å². The van der Waals surface area contributed by atoms with Crippen LogP contribution < -0.4 is 4.90 Å². The van der Waals surface area contributed by atoms with E-state index in [1.807, 2.05) is 21.7 Å². The number of hydrogen-bond acceptors (Lipinski definition) is 5. The molecule has 5 rings (SSSR count). The minimum Gasteiger partial charge on any atom is -0.341 e. The summed E-state index contributed by atoms with van der Waals surface area (Å²) in [6.45, 7) is 12.4. The first-order chi connectivity index (χ1) is 17.6. The molecule has 196 valence electrons. The highest BCUT2D eigenvalue weighted by Crippen LogP contribution is 2.49. The van der Waals surface area contributed by atoms with Gasteiger partial charge in [-0.2, -0.15) is 5.10 Å². The Balaban J connectivity index is 1.68. The molecular formula is C29H36N4O2S2. The molecule has 1 fully saturated rings. The molecule has 2 aliphatic rings. The Labute approximate surface area is 228 Å². The SMILES string of the molecule is Cc1ccc(-n2nc(C(C)(C)C)c3c2N(CC(=O)N2CCC(C)CC2)C(=O)CSC3c2cccs2)cc1. The third-order valence-corrected chi connectivity index (χ3v) is 9.63. The van der Waals surface area contributed by atoms with E-state index in [1.54, 1.807) is 28.0 Å². The van der Waals surface area contributed by atoms with Crippen molar-refractivity contribution in [3.63, 3.8) is 0 Å². The molecule has 8 heteroatoms. The minimum absolute atomic E-state index is 0.0136. The van der Waals surface area contributed by atoms with Gasteiger partial charge in [0.25, 0.3) is 0 Å². The molecule has 4 heterocycles. The summed E-state index contributed by atoms with van der Waals surface area (Å²) in [5.41, 5.74) is 3.82. The van der Waals surface area contributed by atoms with Crippen LogP contribution in [0.1, 0.15) is 67.5 Å². The summed E-state index contributed by atoms with van der Waals surface area (Å²) in [6.07, 6.45) is 2.02. The van der Waals surface area contributed by atoms with Crippen molar-refractivity contribution in [1.29, 1.82) is 0 Å². The number of anilines is 1. The zero-order valence-electron chi connectivity index (χ0n) is 22.4. The highest BCUT2D eigenvalue weighted by atomic mass is 32.2. The lowest BCUT2D eigenvalue weighted by atomic mass is 9.88. The summed E-state index contributed by atoms with van der Waals surface area (Å²) in [6, 6.07) is 12.4. The molecule has 1 aromatic carbocycles. The second-order valence-electron chi connectivity index (χ2n) is 11.3. The minimum atomic E-state index is -0.248. The number of rotatable bonds is 4. The van der Waals surface area contributed by atoms with E-state index >= 15 is 0 Å². The van der Waals surface area contributed by atoms with Crippen molar-refractivity contribution in [2.45, 2.75) is 58.1 Å². The Morgan fingerprint density at radius 3 is 2.43 bits per heavy atom. The van der Waals surface area contributed by atoms with Crippen LogP contribution in [0, 0.1) is 12.8 Å². The number of benzene rings is 1. The Hall–Kier alpha value is -2.58.